The van der Waals surface area contributed by atoms with Crippen molar-refractivity contribution in [3.8, 4) is 0 Å². The smallest absolute Gasteiger partial charge is 0.266 e. The summed E-state index contributed by atoms with van der Waals surface area (Å²) in [6, 6.07) is -0.333. The fraction of sp³-hybridized carbons (Fsp3) is 0.733. The van der Waals surface area contributed by atoms with Gasteiger partial charge in [0, 0.05) is 18.4 Å². The lowest BCUT2D eigenvalue weighted by Gasteiger charge is -2.26. The van der Waals surface area contributed by atoms with Crippen molar-refractivity contribution in [2.45, 2.75) is 44.6 Å². The molecule has 0 bridgehead atoms. The zero-order chi connectivity index (χ0) is 18.9. The highest BCUT2D eigenvalue weighted by Gasteiger charge is 2.41. The van der Waals surface area contributed by atoms with E-state index in [-0.39, 0.29) is 30.5 Å². The van der Waals surface area contributed by atoms with Crippen LogP contribution in [0.3, 0.4) is 0 Å². The molecule has 0 saturated carbocycles. The number of anilines is 1. The van der Waals surface area contributed by atoms with Gasteiger partial charge in [-0.1, -0.05) is 26.0 Å². The Morgan fingerprint density at radius 3 is 2.42 bits per heavy atom. The maximum Gasteiger partial charge on any atom is 0.266 e. The summed E-state index contributed by atoms with van der Waals surface area (Å²) >= 11 is 0. The van der Waals surface area contributed by atoms with Crippen LogP contribution in [0.1, 0.15) is 39.1 Å². The normalized spacial score (nSPS) is 22.7. The Morgan fingerprint density at radius 2 is 1.88 bits per heavy atom. The van der Waals surface area contributed by atoms with Crippen molar-refractivity contribution < 1.29 is 17.2 Å². The third-order valence-electron chi connectivity index (χ3n) is 4.68. The third-order valence-corrected chi connectivity index (χ3v) is 6.47. The molecule has 0 atom stereocenters. The van der Waals surface area contributed by atoms with Gasteiger partial charge in [-0.15, -0.1) is 5.10 Å². The summed E-state index contributed by atoms with van der Waals surface area (Å²) in [5.41, 5.74) is 0.321. The number of fused-ring (bicyclic) bond motifs is 1. The van der Waals surface area contributed by atoms with Gasteiger partial charge in [-0.05, 0) is 0 Å². The van der Waals surface area contributed by atoms with Gasteiger partial charge in [0.15, 0.2) is 26.8 Å². The molecule has 0 amide bonds. The molecular weight excluding hydrogens is 366 g/mol. The van der Waals surface area contributed by atoms with E-state index in [1.165, 1.54) is 9.58 Å². The van der Waals surface area contributed by atoms with Crippen LogP contribution in [0.25, 0.3) is 11.2 Å². The Balaban J connectivity index is 1.84. The van der Waals surface area contributed by atoms with Crippen LogP contribution in [0.2, 0.25) is 0 Å². The number of alkyl halides is 2. The van der Waals surface area contributed by atoms with Gasteiger partial charge in [-0.2, -0.15) is 0 Å². The number of hydrogen-bond donors (Lipinski definition) is 0. The van der Waals surface area contributed by atoms with Crippen LogP contribution in [-0.2, 0) is 15.3 Å². The molecule has 0 aromatic carbocycles. The van der Waals surface area contributed by atoms with Crippen molar-refractivity contribution in [1.82, 2.24) is 25.0 Å². The van der Waals surface area contributed by atoms with Crippen molar-refractivity contribution in [3.05, 3.63) is 5.82 Å². The molecule has 2 saturated heterocycles. The summed E-state index contributed by atoms with van der Waals surface area (Å²) < 4.78 is 51.9. The van der Waals surface area contributed by atoms with E-state index in [0.717, 1.165) is 0 Å². The van der Waals surface area contributed by atoms with Crippen LogP contribution in [-0.4, -0.2) is 63.9 Å². The molecule has 8 nitrogen and oxygen atoms in total. The summed E-state index contributed by atoms with van der Waals surface area (Å²) in [6.07, 6.45) is -0.238. The lowest BCUT2D eigenvalue weighted by Crippen LogP contribution is -2.39. The summed E-state index contributed by atoms with van der Waals surface area (Å²) in [6.45, 7) is 5.54. The maximum absolute atomic E-state index is 13.7. The van der Waals surface area contributed by atoms with Gasteiger partial charge in [0.1, 0.15) is 5.82 Å². The van der Waals surface area contributed by atoms with E-state index in [4.69, 9.17) is 0 Å². The summed E-state index contributed by atoms with van der Waals surface area (Å²) in [4.78, 5) is 10.6. The molecule has 0 spiro atoms. The summed E-state index contributed by atoms with van der Waals surface area (Å²) in [5, 5.41) is 8.15. The first kappa shape index (κ1) is 17.5. The van der Waals surface area contributed by atoms with Crippen molar-refractivity contribution in [3.63, 3.8) is 0 Å². The average Bonchev–Trinajstić information content (AvgIpc) is 3.05. The summed E-state index contributed by atoms with van der Waals surface area (Å²) in [7, 11) is -3.05. The number of aromatic nitrogens is 5. The molecule has 142 valence electrons. The van der Waals surface area contributed by atoms with Gasteiger partial charge in [0.2, 0.25) is 0 Å². The fourth-order valence-corrected chi connectivity index (χ4v) is 4.57. The predicted octanol–water partition coefficient (Wildman–Crippen LogP) is 1.33. The molecule has 0 radical (unpaired) electrons. The molecule has 2 aromatic heterocycles. The largest absolute Gasteiger partial charge is 0.348 e. The number of halogens is 2. The molecule has 4 heterocycles. The molecular formula is C15H20F2N6O2S. The van der Waals surface area contributed by atoms with Crippen LogP contribution < -0.4 is 4.90 Å². The van der Waals surface area contributed by atoms with E-state index in [9.17, 15) is 17.2 Å². The first-order valence-electron chi connectivity index (χ1n) is 8.42. The average molecular weight is 386 g/mol. The minimum Gasteiger partial charge on any atom is -0.348 e. The molecule has 0 aliphatic carbocycles. The number of nitrogens with zero attached hydrogens (tertiary/aromatic N) is 6. The van der Waals surface area contributed by atoms with Crippen LogP contribution in [0, 0.1) is 0 Å². The second-order valence-corrected chi connectivity index (χ2v) is 10.2. The summed E-state index contributed by atoms with van der Waals surface area (Å²) in [5.74, 6) is -1.97. The second-order valence-electron chi connectivity index (χ2n) is 8.09. The van der Waals surface area contributed by atoms with Gasteiger partial charge in [0.05, 0.1) is 24.1 Å². The Labute approximate surface area is 149 Å². The highest BCUT2D eigenvalue weighted by atomic mass is 32.2. The Morgan fingerprint density at radius 1 is 1.19 bits per heavy atom. The van der Waals surface area contributed by atoms with E-state index in [1.54, 1.807) is 0 Å². The Hall–Kier alpha value is -1.91. The molecule has 11 heteroatoms. The second kappa shape index (κ2) is 5.30. The SMILES string of the molecule is CC(C)(C)c1nc(N2CCC(F)(F)C2)c2nnn(C3CS(=O)(=O)C3)c2n1. The van der Waals surface area contributed by atoms with Crippen LogP contribution >= 0.6 is 0 Å². The zero-order valence-electron chi connectivity index (χ0n) is 14.8. The standard InChI is InChI=1S/C15H20F2N6O2S/c1-14(2,3)13-18-11(22-5-4-15(16,17)8-22)10-12(19-13)23(21-20-10)9-6-26(24,25)7-9/h9H,4-8H2,1-3H3. The van der Waals surface area contributed by atoms with E-state index in [1.807, 2.05) is 20.8 Å². The van der Waals surface area contributed by atoms with Gasteiger partial charge in [0.25, 0.3) is 5.92 Å². The first-order valence-corrected chi connectivity index (χ1v) is 10.2. The van der Waals surface area contributed by atoms with Crippen LogP contribution in [0.4, 0.5) is 14.6 Å². The molecule has 2 aliphatic heterocycles. The monoisotopic (exact) mass is 386 g/mol. The Bertz CT molecular complexity index is 970. The van der Waals surface area contributed by atoms with Gasteiger partial charge in [-0.25, -0.2) is 31.8 Å². The quantitative estimate of drug-likeness (QED) is 0.769. The molecule has 26 heavy (non-hydrogen) atoms. The van der Waals surface area contributed by atoms with Crippen molar-refractivity contribution in [2.24, 2.45) is 0 Å². The van der Waals surface area contributed by atoms with E-state index in [0.29, 0.717) is 22.8 Å². The van der Waals surface area contributed by atoms with E-state index >= 15 is 0 Å². The zero-order valence-corrected chi connectivity index (χ0v) is 15.6. The molecule has 2 aliphatic rings. The van der Waals surface area contributed by atoms with Crippen molar-refractivity contribution >= 4 is 26.8 Å². The topological polar surface area (TPSA) is 93.9 Å². The third kappa shape index (κ3) is 2.91. The molecule has 0 N–H and O–H groups in total. The van der Waals surface area contributed by atoms with Crippen molar-refractivity contribution in [1.29, 1.82) is 0 Å². The molecule has 2 aromatic rings. The highest BCUT2D eigenvalue weighted by Crippen LogP contribution is 2.35. The molecule has 0 unspecified atom stereocenters. The fourth-order valence-electron chi connectivity index (χ4n) is 3.21. The van der Waals surface area contributed by atoms with E-state index < -0.39 is 27.7 Å². The van der Waals surface area contributed by atoms with Crippen LogP contribution in [0.5, 0.6) is 0 Å². The van der Waals surface area contributed by atoms with E-state index in [2.05, 4.69) is 20.3 Å². The van der Waals surface area contributed by atoms with Gasteiger partial charge < -0.3 is 4.90 Å². The van der Waals surface area contributed by atoms with Gasteiger partial charge >= 0.3 is 0 Å². The van der Waals surface area contributed by atoms with Crippen LogP contribution in [0.15, 0.2) is 0 Å². The number of hydrogen-bond acceptors (Lipinski definition) is 7. The van der Waals surface area contributed by atoms with Crippen molar-refractivity contribution in [2.75, 3.05) is 29.5 Å². The number of rotatable bonds is 2. The predicted molar refractivity (Wildman–Crippen MR) is 91.3 cm³/mol. The maximum atomic E-state index is 13.7. The lowest BCUT2D eigenvalue weighted by atomic mass is 9.96. The minimum atomic E-state index is -3.05. The highest BCUT2D eigenvalue weighted by molar-refractivity contribution is 7.92. The molecule has 2 fully saturated rings. The minimum absolute atomic E-state index is 0.0164. The van der Waals surface area contributed by atoms with Gasteiger partial charge in [-0.3, -0.25) is 0 Å². The molecule has 4 rings (SSSR count). The first-order chi connectivity index (χ1) is 12.0. The lowest BCUT2D eigenvalue weighted by molar-refractivity contribution is 0.0257. The Kier molecular flexibility index (Phi) is 3.57. The number of sulfone groups is 1.